The third-order valence-electron chi connectivity index (χ3n) is 2.87. The number of nitrogens with two attached hydrogens (primary N) is 1. The molecule has 0 heterocycles. The largest absolute Gasteiger partial charge is 0.322 e. The molecule has 2 rings (SSSR count). The molecular formula is C17H15FN2O. The molecule has 3 nitrogen and oxygen atoms in total. The van der Waals surface area contributed by atoms with Crippen molar-refractivity contribution in [3.05, 3.63) is 65.0 Å². The Labute approximate surface area is 123 Å². The minimum absolute atomic E-state index is 0.162. The normalized spacial score (nSPS) is 9.67. The molecule has 0 atom stereocenters. The van der Waals surface area contributed by atoms with Crippen molar-refractivity contribution in [2.75, 3.05) is 11.9 Å². The first-order valence-electron chi connectivity index (χ1n) is 6.46. The third-order valence-corrected chi connectivity index (χ3v) is 2.87. The topological polar surface area (TPSA) is 55.1 Å². The molecule has 0 aromatic heterocycles. The average Bonchev–Trinajstić information content (AvgIpc) is 2.48. The summed E-state index contributed by atoms with van der Waals surface area (Å²) in [4.78, 5) is 12.0. The molecule has 0 saturated carbocycles. The fraction of sp³-hybridized carbons (Fsp3) is 0.118. The van der Waals surface area contributed by atoms with Crippen LogP contribution in [0.25, 0.3) is 0 Å². The van der Waals surface area contributed by atoms with Crippen LogP contribution in [0.5, 0.6) is 0 Å². The Morgan fingerprint density at radius 1 is 1.24 bits per heavy atom. The van der Waals surface area contributed by atoms with Gasteiger partial charge in [0.1, 0.15) is 5.82 Å². The number of hydrogen-bond donors (Lipinski definition) is 2. The molecule has 106 valence electrons. The Bertz CT molecular complexity index is 712. The smallest absolute Gasteiger partial charge is 0.255 e. The second-order valence-electron chi connectivity index (χ2n) is 4.52. The molecule has 0 aliphatic rings. The highest BCUT2D eigenvalue weighted by atomic mass is 19.1. The lowest BCUT2D eigenvalue weighted by Gasteiger charge is -2.06. The van der Waals surface area contributed by atoms with Crippen LogP contribution in [0, 0.1) is 24.6 Å². The first kappa shape index (κ1) is 14.8. The molecular weight excluding hydrogens is 267 g/mol. The molecule has 3 N–H and O–H groups in total. The Morgan fingerprint density at radius 3 is 2.57 bits per heavy atom. The summed E-state index contributed by atoms with van der Waals surface area (Å²) in [6.45, 7) is 2.12. The minimum atomic E-state index is -0.535. The number of carbonyl (C=O) groups excluding carboxylic acids is 1. The van der Waals surface area contributed by atoms with E-state index in [1.165, 1.54) is 18.2 Å². The number of hydrogen-bond acceptors (Lipinski definition) is 2. The quantitative estimate of drug-likeness (QED) is 0.832. The summed E-state index contributed by atoms with van der Waals surface area (Å²) in [5, 5.41) is 2.71. The van der Waals surface area contributed by atoms with E-state index in [1.807, 2.05) is 19.1 Å². The SMILES string of the molecule is Cc1ccc(NC(=O)c2ccc(C#CCN)c(F)c2)cc1. The highest BCUT2D eigenvalue weighted by molar-refractivity contribution is 6.04. The van der Waals surface area contributed by atoms with E-state index >= 15 is 0 Å². The van der Waals surface area contributed by atoms with Crippen molar-refractivity contribution < 1.29 is 9.18 Å². The van der Waals surface area contributed by atoms with Gasteiger partial charge >= 0.3 is 0 Å². The zero-order valence-corrected chi connectivity index (χ0v) is 11.6. The maximum atomic E-state index is 13.8. The zero-order chi connectivity index (χ0) is 15.2. The van der Waals surface area contributed by atoms with E-state index < -0.39 is 5.82 Å². The van der Waals surface area contributed by atoms with Crippen LogP contribution in [0.4, 0.5) is 10.1 Å². The van der Waals surface area contributed by atoms with E-state index in [0.717, 1.165) is 5.56 Å². The standard InChI is InChI=1S/C17H15FN2O/c1-12-4-8-15(9-5-12)20-17(21)14-7-6-13(3-2-10-19)16(18)11-14/h4-9,11H,10,19H2,1H3,(H,20,21). The second kappa shape index (κ2) is 6.69. The van der Waals surface area contributed by atoms with E-state index in [4.69, 9.17) is 5.73 Å². The van der Waals surface area contributed by atoms with Crippen LogP contribution in [0.1, 0.15) is 21.5 Å². The summed E-state index contributed by atoms with van der Waals surface area (Å²) in [5.74, 6) is 4.29. The van der Waals surface area contributed by atoms with Gasteiger partial charge in [0.05, 0.1) is 12.1 Å². The highest BCUT2D eigenvalue weighted by Crippen LogP contribution is 2.13. The van der Waals surface area contributed by atoms with Gasteiger partial charge in [-0.15, -0.1) is 0 Å². The van der Waals surface area contributed by atoms with Crippen molar-refractivity contribution >= 4 is 11.6 Å². The molecule has 0 bridgehead atoms. The predicted octanol–water partition coefficient (Wildman–Crippen LogP) is 2.70. The maximum Gasteiger partial charge on any atom is 0.255 e. The number of amides is 1. The van der Waals surface area contributed by atoms with Crippen molar-refractivity contribution in [3.8, 4) is 11.8 Å². The van der Waals surface area contributed by atoms with Crippen LogP contribution in [0.15, 0.2) is 42.5 Å². The van der Waals surface area contributed by atoms with Gasteiger partial charge in [0.25, 0.3) is 5.91 Å². The molecule has 4 heteroatoms. The van der Waals surface area contributed by atoms with Gasteiger partial charge in [-0.2, -0.15) is 0 Å². The highest BCUT2D eigenvalue weighted by Gasteiger charge is 2.09. The summed E-state index contributed by atoms with van der Waals surface area (Å²) in [7, 11) is 0. The molecule has 0 aliphatic heterocycles. The molecule has 21 heavy (non-hydrogen) atoms. The molecule has 0 unspecified atom stereocenters. The summed E-state index contributed by atoms with van der Waals surface area (Å²) in [6, 6.07) is 11.6. The number of carbonyl (C=O) groups is 1. The monoisotopic (exact) mass is 282 g/mol. The molecule has 1 amide bonds. The minimum Gasteiger partial charge on any atom is -0.322 e. The van der Waals surface area contributed by atoms with Crippen LogP contribution < -0.4 is 11.1 Å². The molecule has 2 aromatic rings. The molecule has 0 saturated heterocycles. The summed E-state index contributed by atoms with van der Waals surface area (Å²) in [5.41, 5.74) is 7.48. The van der Waals surface area contributed by atoms with Gasteiger partial charge in [-0.3, -0.25) is 4.79 Å². The van der Waals surface area contributed by atoms with Crippen molar-refractivity contribution in [2.45, 2.75) is 6.92 Å². The molecule has 0 aliphatic carbocycles. The molecule has 0 spiro atoms. The van der Waals surface area contributed by atoms with Crippen molar-refractivity contribution in [1.82, 2.24) is 0 Å². The fourth-order valence-electron chi connectivity index (χ4n) is 1.74. The number of halogens is 1. The van der Waals surface area contributed by atoms with E-state index in [9.17, 15) is 9.18 Å². The third kappa shape index (κ3) is 3.91. The Balaban J connectivity index is 2.16. The number of benzene rings is 2. The first-order chi connectivity index (χ1) is 10.1. The Kier molecular flexibility index (Phi) is 4.70. The van der Waals surface area contributed by atoms with Gasteiger partial charge < -0.3 is 11.1 Å². The molecule has 0 radical (unpaired) electrons. The molecule has 0 fully saturated rings. The van der Waals surface area contributed by atoms with E-state index in [-0.39, 0.29) is 23.6 Å². The van der Waals surface area contributed by atoms with Crippen molar-refractivity contribution in [1.29, 1.82) is 0 Å². The lowest BCUT2D eigenvalue weighted by Crippen LogP contribution is -2.12. The van der Waals surface area contributed by atoms with Crippen LogP contribution >= 0.6 is 0 Å². The van der Waals surface area contributed by atoms with Gasteiger partial charge in [0, 0.05) is 11.3 Å². The summed E-state index contributed by atoms with van der Waals surface area (Å²) >= 11 is 0. The number of rotatable bonds is 2. The lowest BCUT2D eigenvalue weighted by molar-refractivity contribution is 0.102. The summed E-state index contributed by atoms with van der Waals surface area (Å²) in [6.07, 6.45) is 0. The number of aryl methyl sites for hydroxylation is 1. The fourth-order valence-corrected chi connectivity index (χ4v) is 1.74. The van der Waals surface area contributed by atoms with Crippen LogP contribution in [-0.4, -0.2) is 12.5 Å². The van der Waals surface area contributed by atoms with E-state index in [0.29, 0.717) is 5.69 Å². The lowest BCUT2D eigenvalue weighted by atomic mass is 10.1. The summed E-state index contributed by atoms with van der Waals surface area (Å²) < 4.78 is 13.8. The van der Waals surface area contributed by atoms with Crippen LogP contribution in [0.2, 0.25) is 0 Å². The Morgan fingerprint density at radius 2 is 1.95 bits per heavy atom. The average molecular weight is 282 g/mol. The van der Waals surface area contributed by atoms with Gasteiger partial charge in [-0.05, 0) is 37.3 Å². The van der Waals surface area contributed by atoms with Gasteiger partial charge in [0.15, 0.2) is 0 Å². The number of nitrogens with one attached hydrogen (secondary N) is 1. The van der Waals surface area contributed by atoms with E-state index in [1.54, 1.807) is 12.1 Å². The van der Waals surface area contributed by atoms with Gasteiger partial charge in [-0.1, -0.05) is 29.5 Å². The van der Waals surface area contributed by atoms with Crippen molar-refractivity contribution in [3.63, 3.8) is 0 Å². The van der Waals surface area contributed by atoms with Crippen LogP contribution in [0.3, 0.4) is 0 Å². The predicted molar refractivity (Wildman–Crippen MR) is 81.5 cm³/mol. The van der Waals surface area contributed by atoms with Crippen LogP contribution in [-0.2, 0) is 0 Å². The number of anilines is 1. The zero-order valence-electron chi connectivity index (χ0n) is 11.6. The van der Waals surface area contributed by atoms with Crippen molar-refractivity contribution in [2.24, 2.45) is 5.73 Å². The van der Waals surface area contributed by atoms with E-state index in [2.05, 4.69) is 17.2 Å². The first-order valence-corrected chi connectivity index (χ1v) is 6.46. The second-order valence-corrected chi connectivity index (χ2v) is 4.52. The molecule has 2 aromatic carbocycles. The van der Waals surface area contributed by atoms with Gasteiger partial charge in [-0.25, -0.2) is 4.39 Å². The Hall–Kier alpha value is -2.64. The maximum absolute atomic E-state index is 13.8. The van der Waals surface area contributed by atoms with Gasteiger partial charge in [0.2, 0.25) is 0 Å².